The Morgan fingerprint density at radius 3 is 2.46 bits per heavy atom. The van der Waals surface area contributed by atoms with Gasteiger partial charge in [0.05, 0.1) is 11.5 Å². The number of rotatable bonds is 7. The molecule has 0 unspecified atom stereocenters. The molecule has 0 fully saturated rings. The van der Waals surface area contributed by atoms with Crippen molar-refractivity contribution >= 4 is 15.9 Å². The van der Waals surface area contributed by atoms with Crippen molar-refractivity contribution in [3.63, 3.8) is 0 Å². The second-order valence-electron chi connectivity index (χ2n) is 5.35. The Labute approximate surface area is 141 Å². The second-order valence-corrected chi connectivity index (χ2v) is 6.91. The van der Waals surface area contributed by atoms with Crippen LogP contribution in [0.3, 0.4) is 0 Å². The molecule has 0 aliphatic rings. The summed E-state index contributed by atoms with van der Waals surface area (Å²) in [7, 11) is -3.76. The van der Waals surface area contributed by atoms with E-state index in [2.05, 4.69) is 5.32 Å². The fourth-order valence-electron chi connectivity index (χ4n) is 2.04. The average Bonchev–Trinajstić information content (AvgIpc) is 2.58. The Balaban J connectivity index is 1.86. The average molecular weight is 348 g/mol. The van der Waals surface area contributed by atoms with Gasteiger partial charge in [0.25, 0.3) is 0 Å². The van der Waals surface area contributed by atoms with Gasteiger partial charge >= 0.3 is 0 Å². The van der Waals surface area contributed by atoms with Crippen molar-refractivity contribution in [1.29, 1.82) is 0 Å². The Morgan fingerprint density at radius 2 is 1.79 bits per heavy atom. The minimum absolute atomic E-state index is 0.0163. The number of sulfonamides is 1. The molecule has 2 rings (SSSR count). The zero-order chi connectivity index (χ0) is 17.6. The first-order valence-electron chi connectivity index (χ1n) is 7.41. The van der Waals surface area contributed by atoms with Crippen LogP contribution in [0.4, 0.5) is 0 Å². The summed E-state index contributed by atoms with van der Waals surface area (Å²) in [5.74, 6) is -0.271. The van der Waals surface area contributed by atoms with E-state index in [0.29, 0.717) is 12.2 Å². The van der Waals surface area contributed by atoms with E-state index in [1.54, 1.807) is 19.1 Å². The molecule has 1 amide bonds. The van der Waals surface area contributed by atoms with E-state index in [0.717, 1.165) is 5.56 Å². The Hall–Kier alpha value is -2.22. The largest absolute Gasteiger partial charge is 0.364 e. The molecule has 0 spiro atoms. The summed E-state index contributed by atoms with van der Waals surface area (Å²) in [6.45, 7) is 2.20. The molecule has 0 aliphatic carbocycles. The summed E-state index contributed by atoms with van der Waals surface area (Å²) in [5, 5.41) is 7.80. The maximum absolute atomic E-state index is 12.0. The molecule has 0 saturated carbocycles. The van der Waals surface area contributed by atoms with Gasteiger partial charge in [0, 0.05) is 6.54 Å². The minimum atomic E-state index is -3.76. The number of hydrogen-bond acceptors (Lipinski definition) is 4. The molecule has 3 N–H and O–H groups in total. The number of hydrogen-bond donors (Lipinski definition) is 2. The van der Waals surface area contributed by atoms with Crippen LogP contribution in [0, 0.1) is 0 Å². The fourth-order valence-corrected chi connectivity index (χ4v) is 2.62. The molecule has 2 aromatic carbocycles. The highest BCUT2D eigenvalue weighted by atomic mass is 32.2. The van der Waals surface area contributed by atoms with Gasteiger partial charge in [-0.1, -0.05) is 42.5 Å². The van der Waals surface area contributed by atoms with Gasteiger partial charge in [0.1, 0.15) is 6.10 Å². The van der Waals surface area contributed by atoms with E-state index in [4.69, 9.17) is 9.88 Å². The smallest absolute Gasteiger partial charge is 0.249 e. The summed E-state index contributed by atoms with van der Waals surface area (Å²) < 4.78 is 28.2. The maximum atomic E-state index is 12.0. The third-order valence-electron chi connectivity index (χ3n) is 3.41. The first kappa shape index (κ1) is 18.1. The van der Waals surface area contributed by atoms with Crippen LogP contribution >= 0.6 is 0 Å². The van der Waals surface area contributed by atoms with Crippen molar-refractivity contribution in [2.24, 2.45) is 5.14 Å². The number of benzene rings is 2. The van der Waals surface area contributed by atoms with Crippen molar-refractivity contribution in [3.8, 4) is 0 Å². The van der Waals surface area contributed by atoms with E-state index in [1.807, 2.05) is 30.3 Å². The zero-order valence-electron chi connectivity index (χ0n) is 13.3. The Morgan fingerprint density at radius 1 is 1.12 bits per heavy atom. The predicted octanol–water partition coefficient (Wildman–Crippen LogP) is 1.56. The number of carbonyl (C=O) groups excluding carboxylic acids is 1. The number of amides is 1. The zero-order valence-corrected chi connectivity index (χ0v) is 14.1. The van der Waals surface area contributed by atoms with Crippen molar-refractivity contribution in [3.05, 3.63) is 65.7 Å². The Kier molecular flexibility index (Phi) is 6.08. The van der Waals surface area contributed by atoms with E-state index < -0.39 is 16.1 Å². The van der Waals surface area contributed by atoms with Crippen LogP contribution in [0.25, 0.3) is 0 Å². The van der Waals surface area contributed by atoms with Gasteiger partial charge in [-0.25, -0.2) is 13.6 Å². The summed E-state index contributed by atoms with van der Waals surface area (Å²) in [6, 6.07) is 15.7. The van der Waals surface area contributed by atoms with E-state index in [-0.39, 0.29) is 17.3 Å². The lowest BCUT2D eigenvalue weighted by Crippen LogP contribution is -2.34. The summed E-state index contributed by atoms with van der Waals surface area (Å²) >= 11 is 0. The molecule has 0 aromatic heterocycles. The van der Waals surface area contributed by atoms with Crippen LogP contribution in [-0.2, 0) is 32.7 Å². The molecule has 128 valence electrons. The molecule has 0 aliphatic heterocycles. The second kappa shape index (κ2) is 8.05. The normalized spacial score (nSPS) is 12.6. The first-order chi connectivity index (χ1) is 11.4. The maximum Gasteiger partial charge on any atom is 0.249 e. The van der Waals surface area contributed by atoms with Gasteiger partial charge in [0.2, 0.25) is 15.9 Å². The molecule has 6 nitrogen and oxygen atoms in total. The van der Waals surface area contributed by atoms with Gasteiger partial charge in [-0.2, -0.15) is 0 Å². The molecule has 0 heterocycles. The lowest BCUT2D eigenvalue weighted by atomic mass is 10.2. The first-order valence-corrected chi connectivity index (χ1v) is 8.96. The number of nitrogens with two attached hydrogens (primary N) is 1. The molecule has 2 aromatic rings. The lowest BCUT2D eigenvalue weighted by molar-refractivity contribution is -0.132. The van der Waals surface area contributed by atoms with Crippen molar-refractivity contribution < 1.29 is 17.9 Å². The third-order valence-corrected chi connectivity index (χ3v) is 4.32. The lowest BCUT2D eigenvalue weighted by Gasteiger charge is -2.13. The number of nitrogens with one attached hydrogen (secondary N) is 1. The number of carbonyl (C=O) groups is 1. The number of primary sulfonamides is 1. The minimum Gasteiger partial charge on any atom is -0.364 e. The molecule has 24 heavy (non-hydrogen) atoms. The highest BCUT2D eigenvalue weighted by Crippen LogP contribution is 2.10. The van der Waals surface area contributed by atoms with Gasteiger partial charge in [-0.15, -0.1) is 0 Å². The molecule has 0 bridgehead atoms. The quantitative estimate of drug-likeness (QED) is 0.793. The number of ether oxygens (including phenoxy) is 1. The van der Waals surface area contributed by atoms with Gasteiger partial charge in [-0.3, -0.25) is 4.79 Å². The van der Waals surface area contributed by atoms with Crippen LogP contribution in [-0.4, -0.2) is 20.4 Å². The topological polar surface area (TPSA) is 98.5 Å². The van der Waals surface area contributed by atoms with Crippen LogP contribution in [0.2, 0.25) is 0 Å². The van der Waals surface area contributed by atoms with Crippen LogP contribution in [0.5, 0.6) is 0 Å². The summed E-state index contributed by atoms with van der Waals surface area (Å²) in [4.78, 5) is 12.1. The molecule has 7 heteroatoms. The van der Waals surface area contributed by atoms with E-state index in [1.165, 1.54) is 12.1 Å². The summed E-state index contributed by atoms with van der Waals surface area (Å²) in [5.41, 5.74) is 1.63. The van der Waals surface area contributed by atoms with Gasteiger partial charge in [0.15, 0.2) is 0 Å². The van der Waals surface area contributed by atoms with E-state index >= 15 is 0 Å². The van der Waals surface area contributed by atoms with Crippen molar-refractivity contribution in [2.45, 2.75) is 31.1 Å². The predicted molar refractivity (Wildman–Crippen MR) is 90.4 cm³/mol. The van der Waals surface area contributed by atoms with E-state index in [9.17, 15) is 13.2 Å². The molecule has 0 radical (unpaired) electrons. The molecular formula is C17H20N2O4S. The third kappa shape index (κ3) is 5.45. The summed E-state index contributed by atoms with van der Waals surface area (Å²) in [6.07, 6.45) is -0.619. The standard InChI is InChI=1S/C17H20N2O4S/c1-13(23-12-14-6-3-2-4-7-14)17(20)19-11-15-8-5-9-16(10-15)24(18,21)22/h2-10,13H,11-12H2,1H3,(H,19,20)(H2,18,21,22)/t13-/m0/s1. The molecule has 0 saturated heterocycles. The molecular weight excluding hydrogens is 328 g/mol. The van der Waals surface area contributed by atoms with Crippen molar-refractivity contribution in [1.82, 2.24) is 5.32 Å². The monoisotopic (exact) mass is 348 g/mol. The van der Waals surface area contributed by atoms with Crippen LogP contribution in [0.1, 0.15) is 18.1 Å². The van der Waals surface area contributed by atoms with Gasteiger partial charge < -0.3 is 10.1 Å². The highest BCUT2D eigenvalue weighted by Gasteiger charge is 2.14. The Bertz CT molecular complexity index is 791. The van der Waals surface area contributed by atoms with Crippen LogP contribution < -0.4 is 10.5 Å². The fraction of sp³-hybridized carbons (Fsp3) is 0.235. The SMILES string of the molecule is C[C@H](OCc1ccccc1)C(=O)NCc1cccc(S(N)(=O)=O)c1. The van der Waals surface area contributed by atoms with Crippen LogP contribution in [0.15, 0.2) is 59.5 Å². The van der Waals surface area contributed by atoms with Crippen molar-refractivity contribution in [2.75, 3.05) is 0 Å². The highest BCUT2D eigenvalue weighted by molar-refractivity contribution is 7.89. The molecule has 1 atom stereocenters. The van der Waals surface area contributed by atoms with Gasteiger partial charge in [-0.05, 0) is 30.2 Å².